The van der Waals surface area contributed by atoms with Gasteiger partial charge in [-0.3, -0.25) is 9.63 Å². The summed E-state index contributed by atoms with van der Waals surface area (Å²) in [6.07, 6.45) is 2.38. The SMILES string of the molecule is CC(=O)c1ccc(S(=O)(=O)NOCCN2CCCC2)cc1. The average molecular weight is 312 g/mol. The molecule has 1 N–H and O–H groups in total. The molecule has 0 unspecified atom stereocenters. The number of ketones is 1. The number of nitrogens with one attached hydrogen (secondary N) is 1. The van der Waals surface area contributed by atoms with Crippen molar-refractivity contribution in [1.82, 2.24) is 9.79 Å². The van der Waals surface area contributed by atoms with E-state index in [1.54, 1.807) is 0 Å². The van der Waals surface area contributed by atoms with Crippen LogP contribution in [0.5, 0.6) is 0 Å². The molecule has 1 saturated heterocycles. The van der Waals surface area contributed by atoms with Gasteiger partial charge in [0, 0.05) is 12.1 Å². The lowest BCUT2D eigenvalue weighted by Crippen LogP contribution is -2.30. The van der Waals surface area contributed by atoms with Crippen LogP contribution in [0, 0.1) is 0 Å². The van der Waals surface area contributed by atoms with E-state index in [9.17, 15) is 13.2 Å². The molecule has 7 heteroatoms. The van der Waals surface area contributed by atoms with Crippen LogP contribution in [-0.2, 0) is 14.9 Å². The number of rotatable bonds is 7. The van der Waals surface area contributed by atoms with Crippen molar-refractivity contribution in [3.8, 4) is 0 Å². The van der Waals surface area contributed by atoms with Gasteiger partial charge in [-0.2, -0.15) is 0 Å². The highest BCUT2D eigenvalue weighted by atomic mass is 32.2. The van der Waals surface area contributed by atoms with Gasteiger partial charge in [-0.15, -0.1) is 0 Å². The zero-order valence-corrected chi connectivity index (χ0v) is 12.9. The first-order chi connectivity index (χ1) is 9.99. The maximum atomic E-state index is 12.0. The highest BCUT2D eigenvalue weighted by Crippen LogP contribution is 2.11. The third kappa shape index (κ3) is 4.60. The van der Waals surface area contributed by atoms with Crippen molar-refractivity contribution in [1.29, 1.82) is 0 Å². The summed E-state index contributed by atoms with van der Waals surface area (Å²) in [7, 11) is -3.70. The monoisotopic (exact) mass is 312 g/mol. The molecule has 0 atom stereocenters. The Hall–Kier alpha value is -1.28. The third-order valence-electron chi connectivity index (χ3n) is 3.45. The van der Waals surface area contributed by atoms with Crippen LogP contribution >= 0.6 is 0 Å². The van der Waals surface area contributed by atoms with Crippen LogP contribution in [0.2, 0.25) is 0 Å². The molecule has 21 heavy (non-hydrogen) atoms. The highest BCUT2D eigenvalue weighted by molar-refractivity contribution is 7.89. The standard InChI is InChI=1S/C14H20N2O4S/c1-12(17)13-4-6-14(7-5-13)21(18,19)15-20-11-10-16-8-2-3-9-16/h4-7,15H,2-3,8-11H2,1H3. The average Bonchev–Trinajstić information content (AvgIpc) is 2.97. The van der Waals surface area contributed by atoms with E-state index in [1.165, 1.54) is 44.0 Å². The van der Waals surface area contributed by atoms with E-state index in [1.807, 2.05) is 0 Å². The number of benzene rings is 1. The molecule has 1 fully saturated rings. The maximum absolute atomic E-state index is 12.0. The van der Waals surface area contributed by atoms with E-state index in [0.717, 1.165) is 13.1 Å². The molecule has 1 heterocycles. The summed E-state index contributed by atoms with van der Waals surface area (Å²) in [6.45, 7) is 4.55. The van der Waals surface area contributed by atoms with Gasteiger partial charge in [0.25, 0.3) is 10.0 Å². The number of sulfonamides is 1. The zero-order chi connectivity index (χ0) is 15.3. The van der Waals surface area contributed by atoms with E-state index >= 15 is 0 Å². The summed E-state index contributed by atoms with van der Waals surface area (Å²) < 4.78 is 23.9. The van der Waals surface area contributed by atoms with Crippen LogP contribution in [0.15, 0.2) is 29.2 Å². The molecule has 0 aromatic heterocycles. The lowest BCUT2D eigenvalue weighted by Gasteiger charge is -2.14. The molecule has 116 valence electrons. The number of carbonyl (C=O) groups is 1. The normalized spacial score (nSPS) is 16.2. The first kappa shape index (κ1) is 16.1. The van der Waals surface area contributed by atoms with Crippen LogP contribution < -0.4 is 4.89 Å². The zero-order valence-electron chi connectivity index (χ0n) is 12.0. The first-order valence-electron chi connectivity index (χ1n) is 6.96. The second-order valence-electron chi connectivity index (χ2n) is 5.06. The number of likely N-dealkylation sites (tertiary alicyclic amines) is 1. The van der Waals surface area contributed by atoms with Gasteiger partial charge in [-0.1, -0.05) is 17.0 Å². The Morgan fingerprint density at radius 2 is 1.86 bits per heavy atom. The third-order valence-corrected chi connectivity index (χ3v) is 4.68. The van der Waals surface area contributed by atoms with E-state index in [2.05, 4.69) is 9.79 Å². The van der Waals surface area contributed by atoms with Gasteiger partial charge in [0.15, 0.2) is 5.78 Å². The number of hydrogen-bond acceptors (Lipinski definition) is 5. The molecule has 6 nitrogen and oxygen atoms in total. The van der Waals surface area contributed by atoms with Crippen LogP contribution in [0.4, 0.5) is 0 Å². The van der Waals surface area contributed by atoms with Crippen molar-refractivity contribution < 1.29 is 18.0 Å². The number of carbonyl (C=O) groups excluding carboxylic acids is 1. The number of nitrogens with zero attached hydrogens (tertiary/aromatic N) is 1. The van der Waals surface area contributed by atoms with Gasteiger partial charge in [-0.05, 0) is 45.0 Å². The van der Waals surface area contributed by atoms with E-state index in [-0.39, 0.29) is 10.7 Å². The second-order valence-corrected chi connectivity index (χ2v) is 6.71. The second kappa shape index (κ2) is 7.13. The molecular formula is C14H20N2O4S. The van der Waals surface area contributed by atoms with Gasteiger partial charge < -0.3 is 4.90 Å². The Kier molecular flexibility index (Phi) is 5.46. The van der Waals surface area contributed by atoms with Gasteiger partial charge in [0.1, 0.15) is 0 Å². The summed E-state index contributed by atoms with van der Waals surface area (Å²) in [6, 6.07) is 5.76. The van der Waals surface area contributed by atoms with Gasteiger partial charge in [0.05, 0.1) is 11.5 Å². The number of hydrogen-bond donors (Lipinski definition) is 1. The van der Waals surface area contributed by atoms with E-state index < -0.39 is 10.0 Å². The maximum Gasteiger partial charge on any atom is 0.262 e. The smallest absolute Gasteiger partial charge is 0.262 e. The molecule has 0 saturated carbocycles. The fraction of sp³-hybridized carbons (Fsp3) is 0.500. The summed E-state index contributed by atoms with van der Waals surface area (Å²) in [4.78, 5) is 20.6. The topological polar surface area (TPSA) is 75.7 Å². The van der Waals surface area contributed by atoms with Crippen molar-refractivity contribution in [3.05, 3.63) is 29.8 Å². The molecule has 2 rings (SSSR count). The Morgan fingerprint density at radius 3 is 2.43 bits per heavy atom. The summed E-state index contributed by atoms with van der Waals surface area (Å²) >= 11 is 0. The van der Waals surface area contributed by atoms with Crippen molar-refractivity contribution in [2.45, 2.75) is 24.7 Å². The summed E-state index contributed by atoms with van der Waals surface area (Å²) in [5, 5.41) is 0. The van der Waals surface area contributed by atoms with Crippen LogP contribution in [0.25, 0.3) is 0 Å². The fourth-order valence-electron chi connectivity index (χ4n) is 2.22. The van der Waals surface area contributed by atoms with Crippen LogP contribution in [0.3, 0.4) is 0 Å². The molecular weight excluding hydrogens is 292 g/mol. The van der Waals surface area contributed by atoms with Gasteiger partial charge in [-0.25, -0.2) is 8.42 Å². The minimum atomic E-state index is -3.70. The first-order valence-corrected chi connectivity index (χ1v) is 8.44. The molecule has 1 aliphatic heterocycles. The molecule has 1 aromatic rings. The summed E-state index contributed by atoms with van der Waals surface area (Å²) in [5.41, 5.74) is 0.476. The van der Waals surface area contributed by atoms with Crippen molar-refractivity contribution in [3.63, 3.8) is 0 Å². The van der Waals surface area contributed by atoms with Crippen molar-refractivity contribution in [2.24, 2.45) is 0 Å². The van der Waals surface area contributed by atoms with Gasteiger partial charge in [0.2, 0.25) is 0 Å². The van der Waals surface area contributed by atoms with E-state index in [4.69, 9.17) is 4.84 Å². The predicted molar refractivity (Wildman–Crippen MR) is 78.4 cm³/mol. The van der Waals surface area contributed by atoms with Crippen molar-refractivity contribution in [2.75, 3.05) is 26.2 Å². The summed E-state index contributed by atoms with van der Waals surface area (Å²) in [5.74, 6) is -0.103. The fourth-order valence-corrected chi connectivity index (χ4v) is 3.05. The molecule has 1 aromatic carbocycles. The minimum absolute atomic E-state index is 0.0775. The minimum Gasteiger partial charge on any atom is -0.301 e. The Morgan fingerprint density at radius 1 is 1.24 bits per heavy atom. The van der Waals surface area contributed by atoms with Gasteiger partial charge >= 0.3 is 0 Å². The quantitative estimate of drug-likeness (QED) is 0.465. The molecule has 0 spiro atoms. The highest BCUT2D eigenvalue weighted by Gasteiger charge is 2.15. The van der Waals surface area contributed by atoms with Crippen molar-refractivity contribution >= 4 is 15.8 Å². The van der Waals surface area contributed by atoms with Crippen LogP contribution in [-0.4, -0.2) is 45.3 Å². The lowest BCUT2D eigenvalue weighted by atomic mass is 10.2. The Labute approximate surface area is 125 Å². The van der Waals surface area contributed by atoms with Crippen LogP contribution in [0.1, 0.15) is 30.1 Å². The lowest BCUT2D eigenvalue weighted by molar-refractivity contribution is 0.0756. The predicted octanol–water partition coefficient (Wildman–Crippen LogP) is 1.19. The Balaban J connectivity index is 1.84. The number of Topliss-reactive ketones (excluding diaryl/α,β-unsaturated/α-hetero) is 1. The molecule has 0 aliphatic carbocycles. The molecule has 0 amide bonds. The molecule has 0 bridgehead atoms. The van der Waals surface area contributed by atoms with E-state index in [0.29, 0.717) is 18.7 Å². The molecule has 0 radical (unpaired) electrons. The molecule has 1 aliphatic rings. The Bertz CT molecular complexity index is 577. The largest absolute Gasteiger partial charge is 0.301 e.